The highest BCUT2D eigenvalue weighted by Crippen LogP contribution is 2.37. The molecule has 106 valence electrons. The second-order valence-corrected chi connectivity index (χ2v) is 6.54. The first-order valence-corrected chi connectivity index (χ1v) is 8.13. The number of likely N-dealkylation sites (N-methyl/N-ethyl adjacent to an activating group) is 1. The van der Waals surface area contributed by atoms with Gasteiger partial charge in [-0.2, -0.15) is 0 Å². The van der Waals surface area contributed by atoms with Crippen LogP contribution in [0, 0.1) is 5.92 Å². The zero-order valence-corrected chi connectivity index (χ0v) is 12.3. The maximum absolute atomic E-state index is 6.63. The smallest absolute Gasteiger partial charge is 0.0812 e. The molecule has 2 fully saturated rings. The van der Waals surface area contributed by atoms with Crippen LogP contribution >= 0.6 is 0 Å². The molecule has 2 unspecified atom stereocenters. The minimum absolute atomic E-state index is 0.148. The fraction of sp³-hybridized carbons (Fsp3) is 1.00. The first-order chi connectivity index (χ1) is 8.74. The summed E-state index contributed by atoms with van der Waals surface area (Å²) in [6, 6.07) is 0. The van der Waals surface area contributed by atoms with E-state index in [9.17, 15) is 0 Å². The Balaban J connectivity index is 1.94. The summed E-state index contributed by atoms with van der Waals surface area (Å²) in [7, 11) is 0. The van der Waals surface area contributed by atoms with Gasteiger partial charge in [-0.3, -0.25) is 0 Å². The molecule has 2 aliphatic rings. The fourth-order valence-electron chi connectivity index (χ4n) is 3.81. The van der Waals surface area contributed by atoms with E-state index >= 15 is 0 Å². The molecule has 0 aromatic heterocycles. The van der Waals surface area contributed by atoms with Crippen LogP contribution in [0.2, 0.25) is 0 Å². The molecule has 18 heavy (non-hydrogen) atoms. The van der Waals surface area contributed by atoms with Crippen LogP contribution in [-0.2, 0) is 4.74 Å². The molecular formula is C16H31NO. The molecule has 0 spiro atoms. The molecular weight excluding hydrogens is 222 g/mol. The van der Waals surface area contributed by atoms with Crippen LogP contribution < -0.4 is 5.32 Å². The third-order valence-corrected chi connectivity index (χ3v) is 4.72. The Kier molecular flexibility index (Phi) is 5.50. The Morgan fingerprint density at radius 3 is 2.56 bits per heavy atom. The van der Waals surface area contributed by atoms with Crippen molar-refractivity contribution in [3.63, 3.8) is 0 Å². The van der Waals surface area contributed by atoms with E-state index in [1.165, 1.54) is 57.8 Å². The minimum Gasteiger partial charge on any atom is -0.370 e. The maximum atomic E-state index is 6.63. The lowest BCUT2D eigenvalue weighted by Crippen LogP contribution is -2.48. The number of nitrogens with one attached hydrogen (secondary N) is 1. The van der Waals surface area contributed by atoms with Crippen molar-refractivity contribution < 1.29 is 4.74 Å². The van der Waals surface area contributed by atoms with Crippen molar-refractivity contribution >= 4 is 0 Å². The second-order valence-electron chi connectivity index (χ2n) is 6.54. The van der Waals surface area contributed by atoms with Gasteiger partial charge in [0.25, 0.3) is 0 Å². The average Bonchev–Trinajstić information content (AvgIpc) is 2.38. The van der Waals surface area contributed by atoms with Gasteiger partial charge in [0, 0.05) is 6.54 Å². The summed E-state index contributed by atoms with van der Waals surface area (Å²) in [5.41, 5.74) is 0.148. The van der Waals surface area contributed by atoms with Crippen LogP contribution in [0.15, 0.2) is 0 Å². The molecule has 2 aliphatic carbocycles. The van der Waals surface area contributed by atoms with Crippen LogP contribution in [0.5, 0.6) is 0 Å². The topological polar surface area (TPSA) is 21.3 Å². The number of hydrogen-bond donors (Lipinski definition) is 1. The van der Waals surface area contributed by atoms with Crippen molar-refractivity contribution in [3.8, 4) is 0 Å². The first-order valence-electron chi connectivity index (χ1n) is 8.13. The number of ether oxygens (including phenoxy) is 1. The first kappa shape index (κ1) is 14.3. The van der Waals surface area contributed by atoms with Crippen molar-refractivity contribution in [3.05, 3.63) is 0 Å². The molecule has 2 nitrogen and oxygen atoms in total. The van der Waals surface area contributed by atoms with E-state index in [4.69, 9.17) is 4.74 Å². The Labute approximate surface area is 113 Å². The minimum atomic E-state index is 0.148. The summed E-state index contributed by atoms with van der Waals surface area (Å²) in [6.07, 6.45) is 12.6. The highest BCUT2D eigenvalue weighted by atomic mass is 16.5. The van der Waals surface area contributed by atoms with Crippen molar-refractivity contribution in [2.45, 2.75) is 83.3 Å². The normalized spacial score (nSPS) is 34.7. The van der Waals surface area contributed by atoms with Gasteiger partial charge >= 0.3 is 0 Å². The lowest BCUT2D eigenvalue weighted by molar-refractivity contribution is -0.129. The standard InChI is InChI=1S/C16H31NO/c1-3-17-13-16(11-7-8-14(2)12-16)18-15-9-5-4-6-10-15/h14-15,17H,3-13H2,1-2H3. The van der Waals surface area contributed by atoms with Gasteiger partial charge in [-0.25, -0.2) is 0 Å². The van der Waals surface area contributed by atoms with Gasteiger partial charge in [-0.15, -0.1) is 0 Å². The molecule has 0 radical (unpaired) electrons. The Hall–Kier alpha value is -0.0800. The molecule has 0 amide bonds. The lowest BCUT2D eigenvalue weighted by Gasteiger charge is -2.43. The maximum Gasteiger partial charge on any atom is 0.0812 e. The van der Waals surface area contributed by atoms with Gasteiger partial charge in [0.05, 0.1) is 11.7 Å². The molecule has 0 heterocycles. The van der Waals surface area contributed by atoms with Crippen LogP contribution in [0.3, 0.4) is 0 Å². The van der Waals surface area contributed by atoms with Gasteiger partial charge in [-0.1, -0.05) is 46.0 Å². The summed E-state index contributed by atoms with van der Waals surface area (Å²) in [4.78, 5) is 0. The van der Waals surface area contributed by atoms with Gasteiger partial charge < -0.3 is 10.1 Å². The summed E-state index contributed by atoms with van der Waals surface area (Å²) in [5, 5.41) is 3.54. The average molecular weight is 253 g/mol. The van der Waals surface area contributed by atoms with E-state index in [1.54, 1.807) is 0 Å². The zero-order chi connectivity index (χ0) is 12.8. The Morgan fingerprint density at radius 2 is 1.89 bits per heavy atom. The zero-order valence-electron chi connectivity index (χ0n) is 12.3. The van der Waals surface area contributed by atoms with Gasteiger partial charge in [-0.05, 0) is 38.1 Å². The molecule has 2 rings (SSSR count). The van der Waals surface area contributed by atoms with Crippen LogP contribution in [0.25, 0.3) is 0 Å². The van der Waals surface area contributed by atoms with Gasteiger partial charge in [0.15, 0.2) is 0 Å². The van der Waals surface area contributed by atoms with E-state index in [0.29, 0.717) is 6.10 Å². The molecule has 0 aliphatic heterocycles. The third-order valence-electron chi connectivity index (χ3n) is 4.72. The van der Waals surface area contributed by atoms with Crippen molar-refractivity contribution in [1.82, 2.24) is 5.32 Å². The fourth-order valence-corrected chi connectivity index (χ4v) is 3.81. The van der Waals surface area contributed by atoms with Gasteiger partial charge in [0.1, 0.15) is 0 Å². The number of rotatable bonds is 5. The highest BCUT2D eigenvalue weighted by Gasteiger charge is 2.37. The van der Waals surface area contributed by atoms with E-state index in [-0.39, 0.29) is 5.60 Å². The monoisotopic (exact) mass is 253 g/mol. The summed E-state index contributed by atoms with van der Waals surface area (Å²) in [6.45, 7) is 6.71. The molecule has 1 N–H and O–H groups in total. The molecule has 0 saturated heterocycles. The largest absolute Gasteiger partial charge is 0.370 e. The summed E-state index contributed by atoms with van der Waals surface area (Å²) < 4.78 is 6.63. The molecule has 2 heteroatoms. The molecule has 0 aromatic carbocycles. The molecule has 0 aromatic rings. The lowest BCUT2D eigenvalue weighted by atomic mass is 9.78. The van der Waals surface area contributed by atoms with E-state index in [0.717, 1.165) is 19.0 Å². The van der Waals surface area contributed by atoms with E-state index in [2.05, 4.69) is 19.2 Å². The highest BCUT2D eigenvalue weighted by molar-refractivity contribution is 4.90. The van der Waals surface area contributed by atoms with Crippen LogP contribution in [-0.4, -0.2) is 24.8 Å². The Bertz CT molecular complexity index is 237. The molecule has 2 saturated carbocycles. The Morgan fingerprint density at radius 1 is 1.11 bits per heavy atom. The van der Waals surface area contributed by atoms with Crippen molar-refractivity contribution in [1.29, 1.82) is 0 Å². The van der Waals surface area contributed by atoms with E-state index < -0.39 is 0 Å². The quantitative estimate of drug-likeness (QED) is 0.802. The second kappa shape index (κ2) is 6.91. The molecule has 2 atom stereocenters. The third kappa shape index (κ3) is 3.96. The molecule has 0 bridgehead atoms. The SMILES string of the molecule is CCNCC1(OC2CCCCC2)CCCC(C)C1. The van der Waals surface area contributed by atoms with Crippen molar-refractivity contribution in [2.75, 3.05) is 13.1 Å². The number of hydrogen-bond acceptors (Lipinski definition) is 2. The van der Waals surface area contributed by atoms with Crippen molar-refractivity contribution in [2.24, 2.45) is 5.92 Å². The van der Waals surface area contributed by atoms with Gasteiger partial charge in [0.2, 0.25) is 0 Å². The predicted octanol–water partition coefficient (Wildman–Crippen LogP) is 3.89. The predicted molar refractivity (Wildman–Crippen MR) is 76.9 cm³/mol. The van der Waals surface area contributed by atoms with Crippen LogP contribution in [0.4, 0.5) is 0 Å². The van der Waals surface area contributed by atoms with Crippen LogP contribution in [0.1, 0.15) is 71.6 Å². The summed E-state index contributed by atoms with van der Waals surface area (Å²) >= 11 is 0. The van der Waals surface area contributed by atoms with E-state index in [1.807, 2.05) is 0 Å². The summed E-state index contributed by atoms with van der Waals surface area (Å²) in [5.74, 6) is 0.834.